The highest BCUT2D eigenvalue weighted by Crippen LogP contribution is 2.34. The van der Waals surface area contributed by atoms with Gasteiger partial charge in [0.25, 0.3) is 5.56 Å². The van der Waals surface area contributed by atoms with Crippen LogP contribution in [0.4, 0.5) is 11.4 Å². The lowest BCUT2D eigenvalue weighted by atomic mass is 9.92. The number of hydrogen-bond donors (Lipinski definition) is 3. The Morgan fingerprint density at radius 2 is 1.82 bits per heavy atom. The maximum Gasteiger partial charge on any atom is 0.255 e. The highest BCUT2D eigenvalue weighted by Gasteiger charge is 2.27. The minimum atomic E-state index is -0.736. The van der Waals surface area contributed by atoms with E-state index in [2.05, 4.69) is 22.5 Å². The third kappa shape index (κ3) is 5.57. The molecule has 8 heteroatoms. The second-order valence-corrected chi connectivity index (χ2v) is 10.5. The number of carbonyl (C=O) groups excluding carboxylic acids is 2. The van der Waals surface area contributed by atoms with Gasteiger partial charge in [0.2, 0.25) is 11.8 Å². The number of hydrogen-bond acceptors (Lipinski definition) is 5. The number of ether oxygens (including phenoxy) is 1. The predicted octanol–water partition coefficient (Wildman–Crippen LogP) is 5.49. The molecule has 4 aromatic rings. The van der Waals surface area contributed by atoms with Crippen LogP contribution in [0.15, 0.2) is 71.7 Å². The van der Waals surface area contributed by atoms with Crippen molar-refractivity contribution in [1.82, 2.24) is 9.88 Å². The van der Waals surface area contributed by atoms with Crippen molar-refractivity contribution in [2.24, 2.45) is 0 Å². The number of methoxy groups -OCH3 is 1. The summed E-state index contributed by atoms with van der Waals surface area (Å²) in [4.78, 5) is 43.6. The molecule has 0 radical (unpaired) electrons. The molecular formula is C32H34N4O4. The first-order chi connectivity index (χ1) is 19.2. The Morgan fingerprint density at radius 1 is 1.00 bits per heavy atom. The minimum Gasteiger partial charge on any atom is -0.496 e. The van der Waals surface area contributed by atoms with E-state index in [1.807, 2.05) is 61.5 Å². The molecule has 3 aromatic carbocycles. The van der Waals surface area contributed by atoms with Crippen LogP contribution in [-0.2, 0) is 16.1 Å². The number of aromatic amines is 1. The smallest absolute Gasteiger partial charge is 0.255 e. The Labute approximate surface area is 233 Å². The summed E-state index contributed by atoms with van der Waals surface area (Å²) >= 11 is 0. The topological polar surface area (TPSA) is 104 Å². The largest absolute Gasteiger partial charge is 0.496 e. The summed E-state index contributed by atoms with van der Waals surface area (Å²) in [6, 6.07) is 18.2. The Balaban J connectivity index is 1.59. The number of benzene rings is 3. The number of likely N-dealkylation sites (N-methyl/N-ethyl adjacent to an activating group) is 1. The molecule has 1 aromatic heterocycles. The maximum absolute atomic E-state index is 14.1. The summed E-state index contributed by atoms with van der Waals surface area (Å²) in [6.07, 6.45) is 2.64. The summed E-state index contributed by atoms with van der Waals surface area (Å²) in [5.74, 6) is 0.530. The molecule has 40 heavy (non-hydrogen) atoms. The average Bonchev–Trinajstić information content (AvgIpc) is 2.95. The van der Waals surface area contributed by atoms with Crippen LogP contribution in [0.2, 0.25) is 0 Å². The molecule has 0 saturated heterocycles. The van der Waals surface area contributed by atoms with E-state index in [9.17, 15) is 14.4 Å². The average molecular weight is 539 g/mol. The number of pyridine rings is 1. The van der Waals surface area contributed by atoms with Crippen molar-refractivity contribution in [2.45, 2.75) is 45.2 Å². The summed E-state index contributed by atoms with van der Waals surface area (Å²) in [5, 5.41) is 7.76. The maximum atomic E-state index is 14.1. The van der Waals surface area contributed by atoms with Gasteiger partial charge in [-0.05, 0) is 83.3 Å². The summed E-state index contributed by atoms with van der Waals surface area (Å²) in [6.45, 7) is 4.42. The Hall–Kier alpha value is -4.59. The molecule has 2 aliphatic heterocycles. The monoisotopic (exact) mass is 538 g/mol. The number of fused-ring (bicyclic) bond motifs is 10. The van der Waals surface area contributed by atoms with Crippen molar-refractivity contribution in [3.8, 4) is 5.75 Å². The molecule has 8 nitrogen and oxygen atoms in total. The highest BCUT2D eigenvalue weighted by molar-refractivity contribution is 5.91. The van der Waals surface area contributed by atoms with Gasteiger partial charge in [0, 0.05) is 43.0 Å². The first-order valence-electron chi connectivity index (χ1n) is 13.4. The van der Waals surface area contributed by atoms with Gasteiger partial charge in [0.05, 0.1) is 7.11 Å². The van der Waals surface area contributed by atoms with Crippen molar-refractivity contribution < 1.29 is 14.3 Å². The zero-order valence-corrected chi connectivity index (χ0v) is 23.2. The molecule has 3 N–H and O–H groups in total. The minimum absolute atomic E-state index is 0.0488. The summed E-state index contributed by atoms with van der Waals surface area (Å²) in [7, 11) is 3.38. The van der Waals surface area contributed by atoms with Crippen molar-refractivity contribution in [3.05, 3.63) is 99.5 Å². The van der Waals surface area contributed by atoms with Crippen molar-refractivity contribution in [3.63, 3.8) is 0 Å². The number of nitrogens with one attached hydrogen (secondary N) is 3. The second-order valence-electron chi connectivity index (χ2n) is 10.5. The molecule has 2 amide bonds. The zero-order valence-electron chi connectivity index (χ0n) is 23.2. The van der Waals surface area contributed by atoms with Gasteiger partial charge in [0.1, 0.15) is 11.8 Å². The molecule has 4 bridgehead atoms. The first-order valence-corrected chi connectivity index (χ1v) is 13.4. The molecule has 0 spiro atoms. The van der Waals surface area contributed by atoms with Gasteiger partial charge in [-0.25, -0.2) is 0 Å². The van der Waals surface area contributed by atoms with E-state index in [0.29, 0.717) is 41.9 Å². The molecule has 6 rings (SSSR count). The van der Waals surface area contributed by atoms with Crippen LogP contribution in [0, 0.1) is 6.92 Å². The van der Waals surface area contributed by atoms with Crippen LogP contribution in [0.5, 0.6) is 5.75 Å². The number of carbonyl (C=O) groups is 2. The predicted molar refractivity (Wildman–Crippen MR) is 158 cm³/mol. The van der Waals surface area contributed by atoms with Gasteiger partial charge < -0.3 is 25.3 Å². The Bertz CT molecular complexity index is 1640. The fourth-order valence-electron chi connectivity index (χ4n) is 5.24. The van der Waals surface area contributed by atoms with Crippen molar-refractivity contribution in [1.29, 1.82) is 0 Å². The molecule has 2 aliphatic rings. The van der Waals surface area contributed by atoms with Crippen LogP contribution < -0.4 is 20.9 Å². The quantitative estimate of drug-likeness (QED) is 0.320. The molecule has 206 valence electrons. The number of aromatic nitrogens is 1. The molecule has 0 unspecified atom stereocenters. The number of amides is 2. The van der Waals surface area contributed by atoms with Crippen LogP contribution in [0.1, 0.15) is 54.0 Å². The zero-order chi connectivity index (χ0) is 28.4. The van der Waals surface area contributed by atoms with Gasteiger partial charge in [-0.1, -0.05) is 31.2 Å². The number of rotatable bonds is 3. The summed E-state index contributed by atoms with van der Waals surface area (Å²) < 4.78 is 5.76. The molecular weight excluding hydrogens is 504 g/mol. The van der Waals surface area contributed by atoms with E-state index in [1.54, 1.807) is 31.3 Å². The fraction of sp³-hybridized carbons (Fsp3) is 0.281. The van der Waals surface area contributed by atoms with Crippen LogP contribution in [0.3, 0.4) is 0 Å². The van der Waals surface area contributed by atoms with Gasteiger partial charge in [-0.3, -0.25) is 14.4 Å². The van der Waals surface area contributed by atoms with E-state index in [-0.39, 0.29) is 23.3 Å². The Morgan fingerprint density at radius 3 is 2.62 bits per heavy atom. The first kappa shape index (κ1) is 27.0. The lowest BCUT2D eigenvalue weighted by Crippen LogP contribution is -2.35. The number of H-pyrrole nitrogens is 1. The van der Waals surface area contributed by atoms with Crippen molar-refractivity contribution >= 4 is 34.0 Å². The Kier molecular flexibility index (Phi) is 7.60. The van der Waals surface area contributed by atoms with E-state index in [1.165, 1.54) is 0 Å². The van der Waals surface area contributed by atoms with Gasteiger partial charge in [-0.15, -0.1) is 0 Å². The van der Waals surface area contributed by atoms with E-state index in [4.69, 9.17) is 4.74 Å². The van der Waals surface area contributed by atoms with Crippen LogP contribution in [-0.4, -0.2) is 35.9 Å². The number of aryl methyl sites for hydroxylation is 1. The van der Waals surface area contributed by atoms with E-state index >= 15 is 0 Å². The molecule has 2 atom stereocenters. The van der Waals surface area contributed by atoms with E-state index in [0.717, 1.165) is 27.6 Å². The normalized spacial score (nSPS) is 18.1. The third-order valence-electron chi connectivity index (χ3n) is 7.68. The lowest BCUT2D eigenvalue weighted by Gasteiger charge is -2.28. The SMILES string of the molecule is COc1cc2ccc1[C@@H](C)CCC(=O)Nc1ccc(C)c(c1)CN(C)C(=O)[C@@H]2Nc1ccc2cc[nH]c(=O)c2c1. The third-order valence-corrected chi connectivity index (χ3v) is 7.68. The molecule has 0 saturated carbocycles. The standard InChI is InChI=1S/C32H34N4O4/c1-19-5-9-24-15-23(19)18-36(3)32(39)30(35-25-10-7-21-13-14-33-31(38)27(21)17-25)22-8-11-26(28(16-22)40-4)20(2)6-12-29(37)34-24/h5,7-11,13-17,20,30,35H,6,12,18H2,1-4H3,(H,33,38)(H,34,37)/t20-,30+/m0/s1. The second kappa shape index (κ2) is 11.3. The van der Waals surface area contributed by atoms with E-state index < -0.39 is 6.04 Å². The van der Waals surface area contributed by atoms with Gasteiger partial charge >= 0.3 is 0 Å². The number of anilines is 2. The molecule has 0 aliphatic carbocycles. The molecule has 3 heterocycles. The number of nitrogens with zero attached hydrogens (tertiary/aromatic N) is 1. The van der Waals surface area contributed by atoms with Gasteiger partial charge in [0.15, 0.2) is 0 Å². The highest BCUT2D eigenvalue weighted by atomic mass is 16.5. The van der Waals surface area contributed by atoms with Crippen LogP contribution >= 0.6 is 0 Å². The van der Waals surface area contributed by atoms with Crippen molar-refractivity contribution in [2.75, 3.05) is 24.8 Å². The fourth-order valence-corrected chi connectivity index (χ4v) is 5.24. The lowest BCUT2D eigenvalue weighted by molar-refractivity contribution is -0.131. The van der Waals surface area contributed by atoms with Gasteiger partial charge in [-0.2, -0.15) is 0 Å². The molecule has 0 fully saturated rings. The summed E-state index contributed by atoms with van der Waals surface area (Å²) in [5.41, 5.74) is 4.85. The van der Waals surface area contributed by atoms with Crippen LogP contribution in [0.25, 0.3) is 10.8 Å².